The lowest BCUT2D eigenvalue weighted by Crippen LogP contribution is -2.42. The lowest BCUT2D eigenvalue weighted by molar-refractivity contribution is -0.0675. The van der Waals surface area contributed by atoms with Gasteiger partial charge in [0.2, 0.25) is 16.0 Å². The third kappa shape index (κ3) is 6.26. The Morgan fingerprint density at radius 1 is 1.12 bits per heavy atom. The Morgan fingerprint density at radius 2 is 1.81 bits per heavy atom. The highest BCUT2D eigenvalue weighted by Crippen LogP contribution is 2.66. The van der Waals surface area contributed by atoms with Gasteiger partial charge in [0.05, 0.1) is 29.3 Å². The molecular formula is C27H34F4N6O4S. The van der Waals surface area contributed by atoms with Crippen LogP contribution in [-0.4, -0.2) is 79.8 Å². The fraction of sp³-hybridized carbons (Fsp3) is 0.593. The first-order valence-corrected chi connectivity index (χ1v) is 15.4. The minimum Gasteiger partial charge on any atom is -0.395 e. The molecule has 0 bridgehead atoms. The first kappa shape index (κ1) is 30.3. The average molecular weight is 615 g/mol. The van der Waals surface area contributed by atoms with Gasteiger partial charge in [-0.2, -0.15) is 4.98 Å². The van der Waals surface area contributed by atoms with Crippen molar-refractivity contribution in [2.45, 2.75) is 51.4 Å². The summed E-state index contributed by atoms with van der Waals surface area (Å²) in [6, 6.07) is 5.86. The summed E-state index contributed by atoms with van der Waals surface area (Å²) in [5.41, 5.74) is 0.140. The summed E-state index contributed by atoms with van der Waals surface area (Å²) < 4.78 is 82.9. The number of anilines is 4. The van der Waals surface area contributed by atoms with E-state index in [2.05, 4.69) is 20.0 Å². The van der Waals surface area contributed by atoms with Gasteiger partial charge in [0.25, 0.3) is 17.8 Å². The molecule has 1 aliphatic carbocycles. The highest BCUT2D eigenvalue weighted by Gasteiger charge is 2.68. The number of hydrogen-bond donors (Lipinski definition) is 3. The van der Waals surface area contributed by atoms with Gasteiger partial charge in [0.15, 0.2) is 0 Å². The molecule has 230 valence electrons. The van der Waals surface area contributed by atoms with Crippen molar-refractivity contribution in [3.63, 3.8) is 0 Å². The molecule has 3 heterocycles. The van der Waals surface area contributed by atoms with E-state index >= 15 is 0 Å². The quantitative estimate of drug-likeness (QED) is 0.364. The van der Waals surface area contributed by atoms with Crippen LogP contribution in [0, 0.1) is 18.3 Å². The summed E-state index contributed by atoms with van der Waals surface area (Å²) in [7, 11) is -3.86. The van der Waals surface area contributed by atoms with E-state index in [9.17, 15) is 30.8 Å². The number of rotatable bonds is 9. The van der Waals surface area contributed by atoms with Crippen LogP contribution in [0.5, 0.6) is 0 Å². The second kappa shape index (κ2) is 10.8. The molecule has 2 atom stereocenters. The van der Waals surface area contributed by atoms with E-state index in [1.54, 1.807) is 17.9 Å². The van der Waals surface area contributed by atoms with Gasteiger partial charge >= 0.3 is 0 Å². The van der Waals surface area contributed by atoms with Gasteiger partial charge in [-0.15, -0.1) is 0 Å². The number of carbonyl (C=O) groups is 1. The van der Waals surface area contributed by atoms with Gasteiger partial charge in [0, 0.05) is 56.2 Å². The molecule has 5 rings (SSSR count). The van der Waals surface area contributed by atoms with Crippen LogP contribution in [0.4, 0.5) is 40.7 Å². The molecular weight excluding hydrogens is 580 g/mol. The summed E-state index contributed by atoms with van der Waals surface area (Å²) >= 11 is 0. The number of aryl methyl sites for hydroxylation is 1. The third-order valence-electron chi connectivity index (χ3n) is 8.45. The molecule has 3 fully saturated rings. The van der Waals surface area contributed by atoms with Gasteiger partial charge in [0.1, 0.15) is 5.82 Å². The van der Waals surface area contributed by atoms with Crippen LogP contribution in [0.1, 0.15) is 48.7 Å². The Morgan fingerprint density at radius 3 is 2.45 bits per heavy atom. The van der Waals surface area contributed by atoms with Gasteiger partial charge in [-0.25, -0.2) is 31.0 Å². The minimum absolute atomic E-state index is 0.0655. The maximum atomic E-state index is 14.3. The molecule has 1 amide bonds. The minimum atomic E-state index is -3.86. The van der Waals surface area contributed by atoms with E-state index < -0.39 is 45.6 Å². The second-order valence-corrected chi connectivity index (χ2v) is 13.4. The molecule has 0 unspecified atom stereocenters. The number of sulfonamides is 1. The lowest BCUT2D eigenvalue weighted by Gasteiger charge is -2.36. The molecule has 1 saturated carbocycles. The van der Waals surface area contributed by atoms with Crippen molar-refractivity contribution < 1.29 is 35.9 Å². The Labute approximate surface area is 241 Å². The fourth-order valence-electron chi connectivity index (χ4n) is 5.97. The van der Waals surface area contributed by atoms with Gasteiger partial charge < -0.3 is 20.2 Å². The van der Waals surface area contributed by atoms with Crippen LogP contribution < -0.4 is 19.8 Å². The second-order valence-electron chi connectivity index (χ2n) is 11.5. The molecule has 15 heteroatoms. The highest BCUT2D eigenvalue weighted by molar-refractivity contribution is 7.92. The summed E-state index contributed by atoms with van der Waals surface area (Å²) in [6.07, 6.45) is -0.0769. The monoisotopic (exact) mass is 614 g/mol. The van der Waals surface area contributed by atoms with Crippen LogP contribution in [0.2, 0.25) is 0 Å². The predicted octanol–water partition coefficient (Wildman–Crippen LogP) is 3.88. The smallest absolute Gasteiger partial charge is 0.258 e. The fourth-order valence-corrected chi connectivity index (χ4v) is 6.80. The number of fused-ring (bicyclic) bond motifs is 1. The zero-order chi connectivity index (χ0) is 30.5. The molecule has 0 radical (unpaired) electrons. The molecule has 0 spiro atoms. The molecule has 10 nitrogen and oxygen atoms in total. The molecule has 3 aliphatic rings. The van der Waals surface area contributed by atoms with Crippen molar-refractivity contribution in [1.82, 2.24) is 9.97 Å². The number of nitrogens with zero attached hydrogens (tertiary/aromatic N) is 4. The van der Waals surface area contributed by atoms with E-state index in [-0.39, 0.29) is 74.4 Å². The number of carbonyl (C=O) groups excluding carboxylic acids is 1. The molecule has 2 aliphatic heterocycles. The first-order chi connectivity index (χ1) is 19.6. The Hall–Kier alpha value is -3.20. The normalized spacial score (nSPS) is 23.7. The lowest BCUT2D eigenvalue weighted by atomic mass is 9.88. The van der Waals surface area contributed by atoms with E-state index in [1.807, 2.05) is 4.90 Å². The maximum absolute atomic E-state index is 14.3. The van der Waals surface area contributed by atoms with Crippen molar-refractivity contribution in [2.75, 3.05) is 58.4 Å². The van der Waals surface area contributed by atoms with Crippen molar-refractivity contribution in [3.8, 4) is 0 Å². The Kier molecular flexibility index (Phi) is 7.79. The SMILES string of the molecule is Cc1cc(NC(=O)c2ccc(NS(=O)(=O)CCO)cc2N2CC[C@@]3(C(C)(F)F)C[C@H]3C2)nc(N2CCC(F)(F)CC2)n1. The van der Waals surface area contributed by atoms with Crippen LogP contribution in [0.3, 0.4) is 0 Å². The average Bonchev–Trinajstić information content (AvgIpc) is 3.64. The van der Waals surface area contributed by atoms with E-state index in [0.29, 0.717) is 17.8 Å². The van der Waals surface area contributed by atoms with Crippen LogP contribution >= 0.6 is 0 Å². The number of halogens is 4. The number of hydrogen-bond acceptors (Lipinski definition) is 8. The van der Waals surface area contributed by atoms with Crippen LogP contribution in [0.25, 0.3) is 0 Å². The van der Waals surface area contributed by atoms with Gasteiger partial charge in [-0.1, -0.05) is 0 Å². The molecule has 1 aromatic carbocycles. The number of benzene rings is 1. The predicted molar refractivity (Wildman–Crippen MR) is 150 cm³/mol. The largest absolute Gasteiger partial charge is 0.395 e. The molecule has 42 heavy (non-hydrogen) atoms. The highest BCUT2D eigenvalue weighted by atomic mass is 32.2. The van der Waals surface area contributed by atoms with E-state index in [1.165, 1.54) is 18.2 Å². The number of amides is 1. The summed E-state index contributed by atoms with van der Waals surface area (Å²) in [5, 5.41) is 11.8. The van der Waals surface area contributed by atoms with Crippen LogP contribution in [-0.2, 0) is 10.0 Å². The molecule has 1 aromatic heterocycles. The Balaban J connectivity index is 1.41. The zero-order valence-corrected chi connectivity index (χ0v) is 24.2. The number of aromatic nitrogens is 2. The van der Waals surface area contributed by atoms with E-state index in [0.717, 1.165) is 6.92 Å². The van der Waals surface area contributed by atoms with E-state index in [4.69, 9.17) is 5.11 Å². The van der Waals surface area contributed by atoms with Crippen molar-refractivity contribution in [2.24, 2.45) is 11.3 Å². The standard InChI is InChI=1S/C27H34F4N6O4S/c1-17-13-22(34-24(32-17)36-9-6-27(30,31)7-10-36)33-23(39)20-4-3-19(35-42(40,41)12-11-38)14-21(20)37-8-5-26(25(2,28)29)15-18(26)16-37/h3-4,13-14,18,35,38H,5-12,15-16H2,1-2H3,(H,32,33,34,39)/t18-,26+/m0/s1. The Bertz CT molecular complexity index is 1460. The van der Waals surface area contributed by atoms with Crippen molar-refractivity contribution in [3.05, 3.63) is 35.5 Å². The summed E-state index contributed by atoms with van der Waals surface area (Å²) in [4.78, 5) is 25.7. The first-order valence-electron chi connectivity index (χ1n) is 13.8. The topological polar surface area (TPSA) is 128 Å². The molecule has 2 aromatic rings. The number of aliphatic hydroxyl groups is 1. The maximum Gasteiger partial charge on any atom is 0.258 e. The van der Waals surface area contributed by atoms with Crippen molar-refractivity contribution >= 4 is 39.1 Å². The van der Waals surface area contributed by atoms with Gasteiger partial charge in [-0.3, -0.25) is 9.52 Å². The van der Waals surface area contributed by atoms with Crippen LogP contribution in [0.15, 0.2) is 24.3 Å². The van der Waals surface area contributed by atoms with Crippen molar-refractivity contribution in [1.29, 1.82) is 0 Å². The number of nitrogens with one attached hydrogen (secondary N) is 2. The molecule has 3 N–H and O–H groups in total. The number of piperidine rings is 2. The summed E-state index contributed by atoms with van der Waals surface area (Å²) in [5.74, 6) is -6.57. The molecule has 2 saturated heterocycles. The third-order valence-corrected chi connectivity index (χ3v) is 9.72. The van der Waals surface area contributed by atoms with Gasteiger partial charge in [-0.05, 0) is 50.8 Å². The number of alkyl halides is 4. The number of aliphatic hydroxyl groups excluding tert-OH is 1. The summed E-state index contributed by atoms with van der Waals surface area (Å²) in [6.45, 7) is 2.69. The zero-order valence-electron chi connectivity index (χ0n) is 23.3.